The van der Waals surface area contributed by atoms with Crippen LogP contribution in [0.1, 0.15) is 28.7 Å². The van der Waals surface area contributed by atoms with Gasteiger partial charge in [-0.15, -0.1) is 0 Å². The Balaban J connectivity index is 2.21. The van der Waals surface area contributed by atoms with Crippen molar-refractivity contribution in [2.75, 3.05) is 0 Å². The van der Waals surface area contributed by atoms with Crippen LogP contribution in [0, 0.1) is 6.92 Å². The highest BCUT2D eigenvalue weighted by Crippen LogP contribution is 2.03. The first-order valence-electron chi connectivity index (χ1n) is 5.11. The van der Waals surface area contributed by atoms with E-state index in [-0.39, 0.29) is 5.78 Å². The lowest BCUT2D eigenvalue weighted by atomic mass is 10.2. The molecule has 0 saturated heterocycles. The average Bonchev–Trinajstić information content (AvgIpc) is 2.64. The minimum Gasteiger partial charge on any atom is -0.293 e. The van der Waals surface area contributed by atoms with Gasteiger partial charge in [-0.1, -0.05) is 6.07 Å². The quantitative estimate of drug-likeness (QED) is 0.734. The van der Waals surface area contributed by atoms with E-state index in [2.05, 4.69) is 10.1 Å². The summed E-state index contributed by atoms with van der Waals surface area (Å²) in [5.74, 6) is -0.0153. The molecule has 2 aromatic rings. The van der Waals surface area contributed by atoms with E-state index in [1.165, 1.54) is 6.92 Å². The highest BCUT2D eigenvalue weighted by Gasteiger charge is 2.03. The lowest BCUT2D eigenvalue weighted by Gasteiger charge is -2.02. The molecule has 0 aliphatic carbocycles. The van der Waals surface area contributed by atoms with Crippen molar-refractivity contribution in [3.05, 3.63) is 47.5 Å². The number of hydrogen-bond donors (Lipinski definition) is 0. The Morgan fingerprint density at radius 1 is 1.44 bits per heavy atom. The van der Waals surface area contributed by atoms with E-state index < -0.39 is 0 Å². The standard InChI is InChI=1S/C12H13N3O/c1-9-6-13-15(7-9)8-11-4-3-5-12(14-11)10(2)16/h3-7H,8H2,1-2H3. The minimum atomic E-state index is -0.0153. The Kier molecular flexibility index (Phi) is 2.81. The molecule has 0 fully saturated rings. The zero-order valence-electron chi connectivity index (χ0n) is 9.34. The Labute approximate surface area is 93.9 Å². The van der Waals surface area contributed by atoms with Crippen LogP contribution >= 0.6 is 0 Å². The smallest absolute Gasteiger partial charge is 0.178 e. The second-order valence-electron chi connectivity index (χ2n) is 3.79. The number of ketones is 1. The third-order valence-corrected chi connectivity index (χ3v) is 2.25. The number of rotatable bonds is 3. The number of Topliss-reactive ketones (excluding diaryl/α,β-unsaturated/α-hetero) is 1. The fourth-order valence-corrected chi connectivity index (χ4v) is 1.48. The van der Waals surface area contributed by atoms with Crippen molar-refractivity contribution in [2.24, 2.45) is 0 Å². The molecule has 0 saturated carbocycles. The van der Waals surface area contributed by atoms with Gasteiger partial charge < -0.3 is 0 Å². The molecule has 4 heteroatoms. The molecular formula is C12H13N3O. The van der Waals surface area contributed by atoms with Crippen molar-refractivity contribution >= 4 is 5.78 Å². The van der Waals surface area contributed by atoms with Crippen LogP contribution in [0.5, 0.6) is 0 Å². The van der Waals surface area contributed by atoms with Gasteiger partial charge in [0.2, 0.25) is 0 Å². The monoisotopic (exact) mass is 215 g/mol. The first-order chi connectivity index (χ1) is 7.65. The second-order valence-corrected chi connectivity index (χ2v) is 3.79. The molecule has 82 valence electrons. The molecule has 0 spiro atoms. The van der Waals surface area contributed by atoms with Gasteiger partial charge in [0.15, 0.2) is 5.78 Å². The van der Waals surface area contributed by atoms with Gasteiger partial charge in [-0.05, 0) is 24.6 Å². The van der Waals surface area contributed by atoms with Gasteiger partial charge in [-0.25, -0.2) is 4.98 Å². The van der Waals surface area contributed by atoms with Gasteiger partial charge in [0.1, 0.15) is 5.69 Å². The van der Waals surface area contributed by atoms with Crippen LogP contribution in [0.25, 0.3) is 0 Å². The summed E-state index contributed by atoms with van der Waals surface area (Å²) in [4.78, 5) is 15.4. The molecule has 16 heavy (non-hydrogen) atoms. The number of hydrogen-bond acceptors (Lipinski definition) is 3. The van der Waals surface area contributed by atoms with Gasteiger partial charge in [-0.3, -0.25) is 9.48 Å². The summed E-state index contributed by atoms with van der Waals surface area (Å²) in [6.07, 6.45) is 3.75. The van der Waals surface area contributed by atoms with Crippen LogP contribution < -0.4 is 0 Å². The maximum Gasteiger partial charge on any atom is 0.178 e. The summed E-state index contributed by atoms with van der Waals surface area (Å²) in [6, 6.07) is 5.46. The molecule has 4 nitrogen and oxygen atoms in total. The summed E-state index contributed by atoms with van der Waals surface area (Å²) in [5, 5.41) is 4.18. The SMILES string of the molecule is CC(=O)c1cccc(Cn2cc(C)cn2)n1. The minimum absolute atomic E-state index is 0.0153. The summed E-state index contributed by atoms with van der Waals surface area (Å²) in [5.41, 5.74) is 2.46. The normalized spacial score (nSPS) is 10.4. The van der Waals surface area contributed by atoms with Crippen molar-refractivity contribution in [3.63, 3.8) is 0 Å². The van der Waals surface area contributed by atoms with Crippen molar-refractivity contribution in [1.29, 1.82) is 0 Å². The fourth-order valence-electron chi connectivity index (χ4n) is 1.48. The number of aryl methyl sites for hydroxylation is 1. The summed E-state index contributed by atoms with van der Waals surface area (Å²) in [6.45, 7) is 4.10. The van der Waals surface area contributed by atoms with Crippen LogP contribution in [0.3, 0.4) is 0 Å². The Hall–Kier alpha value is -1.97. The van der Waals surface area contributed by atoms with Crippen molar-refractivity contribution in [1.82, 2.24) is 14.8 Å². The second kappa shape index (κ2) is 4.26. The number of carbonyl (C=O) groups excluding carboxylic acids is 1. The Morgan fingerprint density at radius 2 is 2.25 bits per heavy atom. The maximum absolute atomic E-state index is 11.2. The highest BCUT2D eigenvalue weighted by molar-refractivity contribution is 5.92. The van der Waals surface area contributed by atoms with E-state index in [1.807, 2.05) is 29.9 Å². The molecule has 0 atom stereocenters. The van der Waals surface area contributed by atoms with E-state index in [9.17, 15) is 4.79 Å². The molecule has 0 amide bonds. The lowest BCUT2D eigenvalue weighted by Crippen LogP contribution is -2.05. The van der Waals surface area contributed by atoms with Crippen LogP contribution in [0.2, 0.25) is 0 Å². The average molecular weight is 215 g/mol. The molecule has 2 rings (SSSR count). The summed E-state index contributed by atoms with van der Waals surface area (Å²) >= 11 is 0. The summed E-state index contributed by atoms with van der Waals surface area (Å²) in [7, 11) is 0. The van der Waals surface area contributed by atoms with E-state index in [0.29, 0.717) is 12.2 Å². The highest BCUT2D eigenvalue weighted by atomic mass is 16.1. The third-order valence-electron chi connectivity index (χ3n) is 2.25. The number of nitrogens with zero attached hydrogens (tertiary/aromatic N) is 3. The van der Waals surface area contributed by atoms with Gasteiger partial charge in [0.05, 0.1) is 18.4 Å². The molecule has 2 aromatic heterocycles. The van der Waals surface area contributed by atoms with Crippen LogP contribution in [0.15, 0.2) is 30.6 Å². The van der Waals surface area contributed by atoms with E-state index >= 15 is 0 Å². The predicted molar refractivity (Wildman–Crippen MR) is 60.3 cm³/mol. The molecule has 0 aliphatic rings. The predicted octanol–water partition coefficient (Wildman–Crippen LogP) is 1.84. The first-order valence-corrected chi connectivity index (χ1v) is 5.11. The number of pyridine rings is 1. The van der Waals surface area contributed by atoms with Gasteiger partial charge >= 0.3 is 0 Å². The Bertz CT molecular complexity index is 516. The van der Waals surface area contributed by atoms with Crippen molar-refractivity contribution in [2.45, 2.75) is 20.4 Å². The van der Waals surface area contributed by atoms with E-state index in [4.69, 9.17) is 0 Å². The van der Waals surface area contributed by atoms with Gasteiger partial charge in [0, 0.05) is 13.1 Å². The molecule has 0 bridgehead atoms. The molecular weight excluding hydrogens is 202 g/mol. The zero-order valence-corrected chi connectivity index (χ0v) is 9.34. The van der Waals surface area contributed by atoms with Gasteiger partial charge in [0.25, 0.3) is 0 Å². The molecule has 0 unspecified atom stereocenters. The fraction of sp³-hybridized carbons (Fsp3) is 0.250. The third kappa shape index (κ3) is 2.34. The molecule has 2 heterocycles. The molecule has 0 aliphatic heterocycles. The van der Waals surface area contributed by atoms with Crippen LogP contribution in [-0.2, 0) is 6.54 Å². The molecule has 0 N–H and O–H groups in total. The first kappa shape index (κ1) is 10.5. The zero-order chi connectivity index (χ0) is 11.5. The topological polar surface area (TPSA) is 47.8 Å². The van der Waals surface area contributed by atoms with Crippen LogP contribution in [-0.4, -0.2) is 20.5 Å². The van der Waals surface area contributed by atoms with Gasteiger partial charge in [-0.2, -0.15) is 5.10 Å². The summed E-state index contributed by atoms with van der Waals surface area (Å²) < 4.78 is 1.81. The number of aromatic nitrogens is 3. The van der Waals surface area contributed by atoms with E-state index in [0.717, 1.165) is 11.3 Å². The van der Waals surface area contributed by atoms with Crippen LogP contribution in [0.4, 0.5) is 0 Å². The molecule has 0 radical (unpaired) electrons. The lowest BCUT2D eigenvalue weighted by molar-refractivity contribution is 0.101. The largest absolute Gasteiger partial charge is 0.293 e. The van der Waals surface area contributed by atoms with Crippen molar-refractivity contribution < 1.29 is 4.79 Å². The number of carbonyl (C=O) groups is 1. The van der Waals surface area contributed by atoms with E-state index in [1.54, 1.807) is 12.3 Å². The Morgan fingerprint density at radius 3 is 2.88 bits per heavy atom. The molecule has 0 aromatic carbocycles. The maximum atomic E-state index is 11.2. The van der Waals surface area contributed by atoms with Crippen molar-refractivity contribution in [3.8, 4) is 0 Å².